The van der Waals surface area contributed by atoms with Crippen LogP contribution in [0, 0.1) is 3.57 Å². The monoisotopic (exact) mass is 283 g/mol. The van der Waals surface area contributed by atoms with E-state index in [1.165, 1.54) is 0 Å². The zero-order valence-electron chi connectivity index (χ0n) is 3.94. The second kappa shape index (κ2) is 2.77. The molecule has 42 valence electrons. The van der Waals surface area contributed by atoms with Crippen molar-refractivity contribution < 1.29 is 0 Å². The van der Waals surface area contributed by atoms with Gasteiger partial charge < -0.3 is 0 Å². The van der Waals surface area contributed by atoms with Crippen molar-refractivity contribution in [3.05, 3.63) is 26.5 Å². The van der Waals surface area contributed by atoms with Crippen LogP contribution in [0.3, 0.4) is 0 Å². The summed E-state index contributed by atoms with van der Waals surface area (Å²) in [5, 5.41) is 0. The lowest BCUT2D eigenvalue weighted by atomic mass is 10.5. The van der Waals surface area contributed by atoms with Crippen LogP contribution >= 0.6 is 38.5 Å². The summed E-state index contributed by atoms with van der Waals surface area (Å²) in [6.07, 6.45) is 1.76. The van der Waals surface area contributed by atoms with E-state index in [2.05, 4.69) is 43.5 Å². The van der Waals surface area contributed by atoms with E-state index in [4.69, 9.17) is 0 Å². The van der Waals surface area contributed by atoms with E-state index in [0.29, 0.717) is 0 Å². The Morgan fingerprint density at radius 1 is 1.62 bits per heavy atom. The molecule has 0 saturated carbocycles. The molecule has 0 aliphatic heterocycles. The van der Waals surface area contributed by atoms with Gasteiger partial charge in [0.1, 0.15) is 4.60 Å². The number of rotatable bonds is 0. The lowest BCUT2D eigenvalue weighted by Crippen LogP contribution is -1.75. The molecule has 0 bridgehead atoms. The van der Waals surface area contributed by atoms with Gasteiger partial charge in [-0.15, -0.1) is 0 Å². The fraction of sp³-hybridized carbons (Fsp3) is 0. The van der Waals surface area contributed by atoms with Gasteiger partial charge in [0.2, 0.25) is 0 Å². The first-order chi connectivity index (χ1) is 3.80. The van der Waals surface area contributed by atoms with Gasteiger partial charge in [0.25, 0.3) is 0 Å². The maximum atomic E-state index is 3.99. The normalized spacial score (nSPS) is 9.25. The van der Waals surface area contributed by atoms with Gasteiger partial charge in [-0.05, 0) is 50.7 Å². The standard InChI is InChI=1S/C5H3BrIN/c6-5-4(7)2-1-3-8-5/h1-3H. The highest BCUT2D eigenvalue weighted by Crippen LogP contribution is 2.13. The highest BCUT2D eigenvalue weighted by molar-refractivity contribution is 14.1. The first-order valence-electron chi connectivity index (χ1n) is 2.07. The summed E-state index contributed by atoms with van der Waals surface area (Å²) in [7, 11) is 0. The molecule has 0 aliphatic rings. The first-order valence-corrected chi connectivity index (χ1v) is 3.94. The highest BCUT2D eigenvalue weighted by atomic mass is 127. The predicted molar refractivity (Wildman–Crippen MR) is 44.7 cm³/mol. The van der Waals surface area contributed by atoms with Crippen LogP contribution in [0.15, 0.2) is 22.9 Å². The van der Waals surface area contributed by atoms with Crippen LogP contribution in [-0.4, -0.2) is 4.98 Å². The maximum Gasteiger partial charge on any atom is 0.119 e. The average molecular weight is 284 g/mol. The van der Waals surface area contributed by atoms with Crippen LogP contribution in [0.1, 0.15) is 0 Å². The zero-order chi connectivity index (χ0) is 5.98. The lowest BCUT2D eigenvalue weighted by Gasteiger charge is -1.88. The van der Waals surface area contributed by atoms with Crippen LogP contribution < -0.4 is 0 Å². The van der Waals surface area contributed by atoms with Crippen LogP contribution in [0.2, 0.25) is 0 Å². The van der Waals surface area contributed by atoms with Gasteiger partial charge in [0, 0.05) is 9.77 Å². The van der Waals surface area contributed by atoms with Crippen molar-refractivity contribution in [1.29, 1.82) is 0 Å². The quantitative estimate of drug-likeness (QED) is 0.526. The van der Waals surface area contributed by atoms with Gasteiger partial charge in [-0.1, -0.05) is 0 Å². The molecule has 8 heavy (non-hydrogen) atoms. The van der Waals surface area contributed by atoms with Gasteiger partial charge in [0.15, 0.2) is 0 Å². The summed E-state index contributed by atoms with van der Waals surface area (Å²) >= 11 is 5.49. The molecule has 1 heterocycles. The molecular weight excluding hydrogens is 281 g/mol. The third kappa shape index (κ3) is 1.42. The molecule has 1 nitrogen and oxygen atoms in total. The van der Waals surface area contributed by atoms with Crippen molar-refractivity contribution in [1.82, 2.24) is 4.98 Å². The van der Waals surface area contributed by atoms with Crippen molar-refractivity contribution in [3.8, 4) is 0 Å². The molecule has 0 aliphatic carbocycles. The summed E-state index contributed by atoms with van der Waals surface area (Å²) in [4.78, 5) is 3.99. The van der Waals surface area contributed by atoms with Crippen LogP contribution in [0.25, 0.3) is 0 Å². The lowest BCUT2D eigenvalue weighted by molar-refractivity contribution is 1.25. The van der Waals surface area contributed by atoms with E-state index in [9.17, 15) is 0 Å². The Balaban J connectivity index is 3.13. The van der Waals surface area contributed by atoms with Crippen molar-refractivity contribution in [3.63, 3.8) is 0 Å². The minimum Gasteiger partial charge on any atom is -0.248 e. The fourth-order valence-electron chi connectivity index (χ4n) is 0.366. The smallest absolute Gasteiger partial charge is 0.119 e. The fourth-order valence-corrected chi connectivity index (χ4v) is 0.964. The minimum atomic E-state index is 0.917. The average Bonchev–Trinajstić information content (AvgIpc) is 1.77. The largest absolute Gasteiger partial charge is 0.248 e. The third-order valence-corrected chi connectivity index (χ3v) is 2.96. The Morgan fingerprint density at radius 2 is 2.38 bits per heavy atom. The third-order valence-electron chi connectivity index (χ3n) is 0.714. The number of aromatic nitrogens is 1. The number of hydrogen-bond donors (Lipinski definition) is 0. The molecule has 1 aromatic rings. The van der Waals surface area contributed by atoms with Crippen LogP contribution in [-0.2, 0) is 0 Å². The molecule has 0 N–H and O–H groups in total. The molecule has 0 radical (unpaired) electrons. The molecule has 0 aromatic carbocycles. The van der Waals surface area contributed by atoms with E-state index in [-0.39, 0.29) is 0 Å². The maximum absolute atomic E-state index is 3.99. The molecule has 0 unspecified atom stereocenters. The Labute approximate surface area is 69.8 Å². The topological polar surface area (TPSA) is 12.9 Å². The molecule has 0 fully saturated rings. The van der Waals surface area contributed by atoms with Crippen molar-refractivity contribution in [2.45, 2.75) is 0 Å². The van der Waals surface area contributed by atoms with E-state index < -0.39 is 0 Å². The Kier molecular flexibility index (Phi) is 2.25. The van der Waals surface area contributed by atoms with Gasteiger partial charge in [-0.25, -0.2) is 4.98 Å². The number of nitrogens with zero attached hydrogens (tertiary/aromatic N) is 1. The Hall–Kier alpha value is 0.360. The molecule has 0 spiro atoms. The molecule has 0 saturated heterocycles. The minimum absolute atomic E-state index is 0.917. The van der Waals surface area contributed by atoms with Crippen molar-refractivity contribution >= 4 is 38.5 Å². The predicted octanol–water partition coefficient (Wildman–Crippen LogP) is 2.45. The van der Waals surface area contributed by atoms with Crippen molar-refractivity contribution in [2.24, 2.45) is 0 Å². The SMILES string of the molecule is Brc1ncccc1I. The zero-order valence-corrected chi connectivity index (χ0v) is 7.68. The van der Waals surface area contributed by atoms with Gasteiger partial charge in [-0.3, -0.25) is 0 Å². The second-order valence-corrected chi connectivity index (χ2v) is 3.19. The number of pyridine rings is 1. The van der Waals surface area contributed by atoms with Crippen LogP contribution in [0.5, 0.6) is 0 Å². The summed E-state index contributed by atoms with van der Waals surface area (Å²) in [6, 6.07) is 3.91. The summed E-state index contributed by atoms with van der Waals surface area (Å²) in [5.41, 5.74) is 0. The van der Waals surface area contributed by atoms with Gasteiger partial charge in [0.05, 0.1) is 0 Å². The van der Waals surface area contributed by atoms with Crippen LogP contribution in [0.4, 0.5) is 0 Å². The summed E-state index contributed by atoms with van der Waals surface area (Å²) in [6.45, 7) is 0. The van der Waals surface area contributed by atoms with Crippen molar-refractivity contribution in [2.75, 3.05) is 0 Å². The number of hydrogen-bond acceptors (Lipinski definition) is 1. The van der Waals surface area contributed by atoms with Gasteiger partial charge >= 0.3 is 0 Å². The number of halogens is 2. The Morgan fingerprint density at radius 3 is 2.75 bits per heavy atom. The summed E-state index contributed by atoms with van der Waals surface area (Å²) < 4.78 is 2.06. The van der Waals surface area contributed by atoms with E-state index in [1.807, 2.05) is 12.1 Å². The second-order valence-electron chi connectivity index (χ2n) is 1.28. The first kappa shape index (κ1) is 6.48. The molecule has 0 atom stereocenters. The van der Waals surface area contributed by atoms with E-state index >= 15 is 0 Å². The molecular formula is C5H3BrIN. The molecule has 3 heteroatoms. The molecule has 0 amide bonds. The Bertz CT molecular complexity index is 169. The highest BCUT2D eigenvalue weighted by Gasteiger charge is 1.89. The van der Waals surface area contributed by atoms with E-state index in [0.717, 1.165) is 8.17 Å². The van der Waals surface area contributed by atoms with E-state index in [1.54, 1.807) is 6.20 Å². The van der Waals surface area contributed by atoms with Gasteiger partial charge in [-0.2, -0.15) is 0 Å². The molecule has 1 aromatic heterocycles. The molecule has 1 rings (SSSR count). The summed E-state index contributed by atoms with van der Waals surface area (Å²) in [5.74, 6) is 0.